The predicted molar refractivity (Wildman–Crippen MR) is 92.4 cm³/mol. The maximum absolute atomic E-state index is 11.3. The minimum Gasteiger partial charge on any atom is -0.356 e. The topological polar surface area (TPSA) is 58.1 Å². The minimum absolute atomic E-state index is 0.0695. The highest BCUT2D eigenvalue weighted by Crippen LogP contribution is 2.23. The third-order valence-electron chi connectivity index (χ3n) is 4.20. The first-order chi connectivity index (χ1) is 11.1. The van der Waals surface area contributed by atoms with E-state index in [1.807, 2.05) is 30.3 Å². The molecule has 23 heavy (non-hydrogen) atoms. The van der Waals surface area contributed by atoms with Crippen molar-refractivity contribution in [3.8, 4) is 0 Å². The molecular weight excluding hydrogens is 288 g/mol. The first-order valence-corrected chi connectivity index (χ1v) is 8.07. The Morgan fingerprint density at radius 2 is 2.04 bits per heavy atom. The maximum atomic E-state index is 11.3. The largest absolute Gasteiger partial charge is 0.356 e. The number of anilines is 3. The molecule has 120 valence electrons. The molecule has 2 heterocycles. The van der Waals surface area contributed by atoms with Crippen LogP contribution >= 0.6 is 0 Å². The Labute approximate surface area is 136 Å². The average molecular weight is 310 g/mol. The van der Waals surface area contributed by atoms with Gasteiger partial charge in [-0.2, -0.15) is 0 Å². The first-order valence-electron chi connectivity index (χ1n) is 8.07. The standard InChI is InChI=1S/C18H22N4O/c1-13-4-3-9-22(11-13)18-10-17(19-12-20-18)21-16-7-5-15(6-8-16)14(2)23/h5-8,10,12-13H,3-4,9,11H2,1-2H3,(H,19,20,21). The monoisotopic (exact) mass is 310 g/mol. The number of nitrogens with one attached hydrogen (secondary N) is 1. The van der Waals surface area contributed by atoms with Gasteiger partial charge in [0.2, 0.25) is 0 Å². The Bertz CT molecular complexity index is 684. The van der Waals surface area contributed by atoms with Gasteiger partial charge in [0.15, 0.2) is 5.78 Å². The number of Topliss-reactive ketones (excluding diaryl/α,β-unsaturated/α-hetero) is 1. The third kappa shape index (κ3) is 3.86. The zero-order valence-electron chi connectivity index (χ0n) is 13.6. The fourth-order valence-corrected chi connectivity index (χ4v) is 2.92. The molecule has 0 saturated carbocycles. The second-order valence-corrected chi connectivity index (χ2v) is 6.21. The van der Waals surface area contributed by atoms with Gasteiger partial charge < -0.3 is 10.2 Å². The van der Waals surface area contributed by atoms with Crippen LogP contribution in [0.5, 0.6) is 0 Å². The molecule has 1 aliphatic rings. The number of hydrogen-bond donors (Lipinski definition) is 1. The van der Waals surface area contributed by atoms with Crippen LogP contribution in [0, 0.1) is 5.92 Å². The zero-order chi connectivity index (χ0) is 16.2. The lowest BCUT2D eigenvalue weighted by atomic mass is 10.0. The third-order valence-corrected chi connectivity index (χ3v) is 4.20. The van der Waals surface area contributed by atoms with E-state index >= 15 is 0 Å². The van der Waals surface area contributed by atoms with Gasteiger partial charge in [0, 0.05) is 30.4 Å². The van der Waals surface area contributed by atoms with E-state index in [1.165, 1.54) is 12.8 Å². The predicted octanol–water partition coefficient (Wildman–Crippen LogP) is 3.66. The van der Waals surface area contributed by atoms with E-state index in [4.69, 9.17) is 0 Å². The lowest BCUT2D eigenvalue weighted by molar-refractivity contribution is 0.101. The van der Waals surface area contributed by atoms with Gasteiger partial charge >= 0.3 is 0 Å². The zero-order valence-corrected chi connectivity index (χ0v) is 13.6. The number of piperidine rings is 1. The van der Waals surface area contributed by atoms with Crippen molar-refractivity contribution in [3.63, 3.8) is 0 Å². The van der Waals surface area contributed by atoms with Crippen molar-refractivity contribution in [2.75, 3.05) is 23.3 Å². The SMILES string of the molecule is CC(=O)c1ccc(Nc2cc(N3CCCC(C)C3)ncn2)cc1. The molecule has 1 saturated heterocycles. The first kappa shape index (κ1) is 15.5. The van der Waals surface area contributed by atoms with Crippen molar-refractivity contribution in [1.29, 1.82) is 0 Å². The van der Waals surface area contributed by atoms with Crippen LogP contribution in [0.1, 0.15) is 37.0 Å². The molecule has 0 bridgehead atoms. The van der Waals surface area contributed by atoms with Crippen molar-refractivity contribution in [1.82, 2.24) is 9.97 Å². The van der Waals surface area contributed by atoms with E-state index in [0.717, 1.165) is 30.4 Å². The lowest BCUT2D eigenvalue weighted by Crippen LogP contribution is -2.34. The van der Waals surface area contributed by atoms with Crippen LogP contribution in [0.15, 0.2) is 36.7 Å². The van der Waals surface area contributed by atoms with E-state index in [2.05, 4.69) is 27.1 Å². The molecule has 0 radical (unpaired) electrons. The van der Waals surface area contributed by atoms with Gasteiger partial charge in [0.25, 0.3) is 0 Å². The Balaban J connectivity index is 1.73. The second kappa shape index (κ2) is 6.77. The van der Waals surface area contributed by atoms with Crippen LogP contribution in [-0.2, 0) is 0 Å². The van der Waals surface area contributed by atoms with Crippen LogP contribution in [0.25, 0.3) is 0 Å². The van der Waals surface area contributed by atoms with Crippen molar-refractivity contribution in [2.24, 2.45) is 5.92 Å². The Kier molecular flexibility index (Phi) is 4.55. The normalized spacial score (nSPS) is 17.8. The van der Waals surface area contributed by atoms with Gasteiger partial charge in [-0.05, 0) is 49.9 Å². The molecular formula is C18H22N4O. The van der Waals surface area contributed by atoms with Gasteiger partial charge in [0.05, 0.1) is 0 Å². The van der Waals surface area contributed by atoms with Gasteiger partial charge in [-0.3, -0.25) is 4.79 Å². The van der Waals surface area contributed by atoms with Crippen molar-refractivity contribution >= 4 is 23.1 Å². The van der Waals surface area contributed by atoms with E-state index in [-0.39, 0.29) is 5.78 Å². The van der Waals surface area contributed by atoms with E-state index in [0.29, 0.717) is 11.5 Å². The molecule has 0 spiro atoms. The number of aromatic nitrogens is 2. The van der Waals surface area contributed by atoms with Gasteiger partial charge in [-0.25, -0.2) is 9.97 Å². The molecule has 1 aromatic carbocycles. The van der Waals surface area contributed by atoms with Crippen LogP contribution in [-0.4, -0.2) is 28.8 Å². The summed E-state index contributed by atoms with van der Waals surface area (Å²) in [6, 6.07) is 9.40. The number of nitrogens with zero attached hydrogens (tertiary/aromatic N) is 3. The summed E-state index contributed by atoms with van der Waals surface area (Å²) >= 11 is 0. The van der Waals surface area contributed by atoms with Gasteiger partial charge in [0.1, 0.15) is 18.0 Å². The van der Waals surface area contributed by atoms with Crippen LogP contribution in [0.4, 0.5) is 17.3 Å². The van der Waals surface area contributed by atoms with E-state index in [1.54, 1.807) is 13.3 Å². The van der Waals surface area contributed by atoms with Gasteiger partial charge in [-0.1, -0.05) is 6.92 Å². The summed E-state index contributed by atoms with van der Waals surface area (Å²) < 4.78 is 0. The van der Waals surface area contributed by atoms with Crippen LogP contribution < -0.4 is 10.2 Å². The molecule has 5 heteroatoms. The summed E-state index contributed by atoms with van der Waals surface area (Å²) in [4.78, 5) is 22.3. The van der Waals surface area contributed by atoms with Crippen LogP contribution in [0.2, 0.25) is 0 Å². The molecule has 1 N–H and O–H groups in total. The highest BCUT2D eigenvalue weighted by Gasteiger charge is 2.17. The lowest BCUT2D eigenvalue weighted by Gasteiger charge is -2.31. The van der Waals surface area contributed by atoms with Crippen LogP contribution in [0.3, 0.4) is 0 Å². The fourth-order valence-electron chi connectivity index (χ4n) is 2.92. The second-order valence-electron chi connectivity index (χ2n) is 6.21. The summed E-state index contributed by atoms with van der Waals surface area (Å²) in [7, 11) is 0. The number of carbonyl (C=O) groups excluding carboxylic acids is 1. The summed E-state index contributed by atoms with van der Waals surface area (Å²) in [6.07, 6.45) is 4.09. The highest BCUT2D eigenvalue weighted by molar-refractivity contribution is 5.94. The Hall–Kier alpha value is -2.43. The average Bonchev–Trinajstić information content (AvgIpc) is 2.56. The molecule has 5 nitrogen and oxygen atoms in total. The summed E-state index contributed by atoms with van der Waals surface area (Å²) in [5.74, 6) is 2.51. The molecule has 0 aliphatic carbocycles. The summed E-state index contributed by atoms with van der Waals surface area (Å²) in [5.41, 5.74) is 1.62. The van der Waals surface area contributed by atoms with Gasteiger partial charge in [-0.15, -0.1) is 0 Å². The number of benzene rings is 1. The highest BCUT2D eigenvalue weighted by atomic mass is 16.1. The Morgan fingerprint density at radius 1 is 1.26 bits per heavy atom. The molecule has 1 unspecified atom stereocenters. The molecule has 1 aliphatic heterocycles. The van der Waals surface area contributed by atoms with Crippen molar-refractivity contribution in [2.45, 2.75) is 26.7 Å². The minimum atomic E-state index is 0.0695. The molecule has 2 aromatic rings. The number of hydrogen-bond acceptors (Lipinski definition) is 5. The van der Waals surface area contributed by atoms with E-state index in [9.17, 15) is 4.79 Å². The van der Waals surface area contributed by atoms with Crippen molar-refractivity contribution in [3.05, 3.63) is 42.2 Å². The number of ketones is 1. The molecule has 0 amide bonds. The smallest absolute Gasteiger partial charge is 0.159 e. The quantitative estimate of drug-likeness (QED) is 0.873. The molecule has 1 fully saturated rings. The molecule has 3 rings (SSSR count). The Morgan fingerprint density at radius 3 is 2.74 bits per heavy atom. The number of rotatable bonds is 4. The summed E-state index contributed by atoms with van der Waals surface area (Å²) in [6.45, 7) is 5.94. The summed E-state index contributed by atoms with van der Waals surface area (Å²) in [5, 5.41) is 3.27. The van der Waals surface area contributed by atoms with Crippen molar-refractivity contribution < 1.29 is 4.79 Å². The molecule has 1 atom stereocenters. The van der Waals surface area contributed by atoms with E-state index < -0.39 is 0 Å². The fraction of sp³-hybridized carbons (Fsp3) is 0.389. The molecule has 1 aromatic heterocycles. The maximum Gasteiger partial charge on any atom is 0.159 e. The number of carbonyl (C=O) groups is 1.